The second-order valence-electron chi connectivity index (χ2n) is 3.20. The fourth-order valence-corrected chi connectivity index (χ4v) is 1.38. The maximum Gasteiger partial charge on any atom is 0.263 e. The second kappa shape index (κ2) is 3.23. The summed E-state index contributed by atoms with van der Waals surface area (Å²) in [5.74, 6) is 1.23. The molecule has 80 valence electrons. The van der Waals surface area contributed by atoms with Crippen molar-refractivity contribution in [2.75, 3.05) is 5.73 Å². The van der Waals surface area contributed by atoms with Gasteiger partial charge < -0.3 is 15.2 Å². The fourth-order valence-electron chi connectivity index (χ4n) is 1.38. The Morgan fingerprint density at radius 1 is 1.38 bits per heavy atom. The molecule has 0 atom stereocenters. The van der Waals surface area contributed by atoms with Gasteiger partial charge in [-0.25, -0.2) is 0 Å². The first kappa shape index (κ1) is 8.72. The number of rotatable bonds is 2. The first-order chi connectivity index (χ1) is 7.84. The molecule has 0 unspecified atom stereocenters. The first-order valence-electron chi connectivity index (χ1n) is 4.61. The fraction of sp³-hybridized carbons (Fsp3) is 0. The zero-order chi connectivity index (χ0) is 11.0. The van der Waals surface area contributed by atoms with Crippen molar-refractivity contribution in [3.8, 4) is 23.0 Å². The van der Waals surface area contributed by atoms with Crippen LogP contribution in [0.1, 0.15) is 0 Å². The first-order valence-corrected chi connectivity index (χ1v) is 4.61. The third kappa shape index (κ3) is 1.26. The van der Waals surface area contributed by atoms with Crippen LogP contribution in [-0.2, 0) is 0 Å². The maximum absolute atomic E-state index is 5.65. The SMILES string of the molecule is Nc1[nH]ncc1-c1nc(-c2ccc[nH]2)no1. The summed E-state index contributed by atoms with van der Waals surface area (Å²) in [6.07, 6.45) is 3.33. The van der Waals surface area contributed by atoms with Crippen LogP contribution >= 0.6 is 0 Å². The Morgan fingerprint density at radius 2 is 2.31 bits per heavy atom. The monoisotopic (exact) mass is 216 g/mol. The molecule has 3 aromatic rings. The molecule has 0 aromatic carbocycles. The van der Waals surface area contributed by atoms with Gasteiger partial charge in [0.05, 0.1) is 11.9 Å². The van der Waals surface area contributed by atoms with E-state index in [1.165, 1.54) is 0 Å². The number of nitrogens with one attached hydrogen (secondary N) is 2. The third-order valence-corrected chi connectivity index (χ3v) is 2.16. The van der Waals surface area contributed by atoms with Crippen LogP contribution in [0.2, 0.25) is 0 Å². The van der Waals surface area contributed by atoms with Gasteiger partial charge in [0.25, 0.3) is 5.89 Å². The average molecular weight is 216 g/mol. The molecule has 3 heterocycles. The van der Waals surface area contributed by atoms with E-state index in [9.17, 15) is 0 Å². The van der Waals surface area contributed by atoms with Gasteiger partial charge in [-0.15, -0.1) is 0 Å². The van der Waals surface area contributed by atoms with Gasteiger partial charge in [-0.2, -0.15) is 10.1 Å². The van der Waals surface area contributed by atoms with Gasteiger partial charge in [0.1, 0.15) is 11.4 Å². The average Bonchev–Trinajstić information content (AvgIpc) is 2.96. The molecular formula is C9H8N6O. The summed E-state index contributed by atoms with van der Waals surface area (Å²) in [6, 6.07) is 3.71. The topological polar surface area (TPSA) is 109 Å². The molecule has 0 saturated heterocycles. The highest BCUT2D eigenvalue weighted by Gasteiger charge is 2.14. The Morgan fingerprint density at radius 3 is 3.00 bits per heavy atom. The summed E-state index contributed by atoms with van der Waals surface area (Å²) < 4.78 is 5.09. The molecule has 0 aliphatic carbocycles. The Hall–Kier alpha value is -2.57. The van der Waals surface area contributed by atoms with E-state index in [4.69, 9.17) is 10.3 Å². The minimum absolute atomic E-state index is 0.343. The lowest BCUT2D eigenvalue weighted by Crippen LogP contribution is -1.87. The molecule has 3 rings (SSSR count). The summed E-state index contributed by atoms with van der Waals surface area (Å²) in [5, 5.41) is 10.2. The van der Waals surface area contributed by atoms with Gasteiger partial charge in [0, 0.05) is 6.20 Å². The van der Waals surface area contributed by atoms with Crippen molar-refractivity contribution in [3.05, 3.63) is 24.5 Å². The highest BCUT2D eigenvalue weighted by Crippen LogP contribution is 2.23. The molecule has 7 heteroatoms. The second-order valence-corrected chi connectivity index (χ2v) is 3.20. The lowest BCUT2D eigenvalue weighted by Gasteiger charge is -1.88. The molecule has 0 radical (unpaired) electrons. The molecule has 0 amide bonds. The molecular weight excluding hydrogens is 208 g/mol. The Kier molecular flexibility index (Phi) is 1.76. The maximum atomic E-state index is 5.65. The standard InChI is InChI=1S/C9H8N6O/c10-7-5(4-12-14-7)9-13-8(15-16-9)6-2-1-3-11-6/h1-4,11H,(H3,10,12,14). The number of H-pyrrole nitrogens is 2. The number of hydrogen-bond acceptors (Lipinski definition) is 5. The van der Waals surface area contributed by atoms with E-state index in [-0.39, 0.29) is 0 Å². The van der Waals surface area contributed by atoms with Crippen LogP contribution in [0.5, 0.6) is 0 Å². The number of anilines is 1. The van der Waals surface area contributed by atoms with E-state index >= 15 is 0 Å². The van der Waals surface area contributed by atoms with Crippen LogP contribution in [0.4, 0.5) is 5.82 Å². The smallest absolute Gasteiger partial charge is 0.263 e. The molecule has 0 fully saturated rings. The molecule has 7 nitrogen and oxygen atoms in total. The van der Waals surface area contributed by atoms with E-state index in [2.05, 4.69) is 25.3 Å². The zero-order valence-electron chi connectivity index (χ0n) is 8.14. The van der Waals surface area contributed by atoms with Crippen LogP contribution in [0, 0.1) is 0 Å². The summed E-state index contributed by atoms with van der Waals surface area (Å²) in [5.41, 5.74) is 7.04. The normalized spacial score (nSPS) is 10.8. The Balaban J connectivity index is 2.03. The van der Waals surface area contributed by atoms with Crippen LogP contribution in [0.3, 0.4) is 0 Å². The summed E-state index contributed by atoms with van der Waals surface area (Å²) in [4.78, 5) is 7.19. The van der Waals surface area contributed by atoms with Gasteiger partial charge >= 0.3 is 0 Å². The summed E-state index contributed by atoms with van der Waals surface area (Å²) in [7, 11) is 0. The third-order valence-electron chi connectivity index (χ3n) is 2.16. The molecule has 0 bridgehead atoms. The molecule has 4 N–H and O–H groups in total. The van der Waals surface area contributed by atoms with Crippen molar-refractivity contribution in [2.45, 2.75) is 0 Å². The van der Waals surface area contributed by atoms with E-state index in [0.29, 0.717) is 23.1 Å². The van der Waals surface area contributed by atoms with E-state index in [0.717, 1.165) is 5.69 Å². The predicted octanol–water partition coefficient (Wildman–Crippen LogP) is 1.04. The molecule has 0 aliphatic heterocycles. The number of nitrogen functional groups attached to an aromatic ring is 1. The van der Waals surface area contributed by atoms with Gasteiger partial charge in [0.15, 0.2) is 0 Å². The van der Waals surface area contributed by atoms with Crippen molar-refractivity contribution in [3.63, 3.8) is 0 Å². The van der Waals surface area contributed by atoms with E-state index < -0.39 is 0 Å². The largest absolute Gasteiger partial charge is 0.383 e. The number of aromatic nitrogens is 5. The lowest BCUT2D eigenvalue weighted by molar-refractivity contribution is 0.432. The predicted molar refractivity (Wildman–Crippen MR) is 56.1 cm³/mol. The molecule has 0 spiro atoms. The van der Waals surface area contributed by atoms with Crippen LogP contribution in [0.25, 0.3) is 23.0 Å². The number of hydrogen-bond donors (Lipinski definition) is 3. The minimum Gasteiger partial charge on any atom is -0.383 e. The van der Waals surface area contributed by atoms with Crippen molar-refractivity contribution in [1.82, 2.24) is 25.3 Å². The molecule has 0 saturated carbocycles. The Bertz CT molecular complexity index is 593. The van der Waals surface area contributed by atoms with Crippen molar-refractivity contribution in [1.29, 1.82) is 0 Å². The number of aromatic amines is 2. The lowest BCUT2D eigenvalue weighted by atomic mass is 10.3. The van der Waals surface area contributed by atoms with Gasteiger partial charge in [-0.3, -0.25) is 5.10 Å². The zero-order valence-corrected chi connectivity index (χ0v) is 8.14. The highest BCUT2D eigenvalue weighted by molar-refractivity contribution is 5.67. The van der Waals surface area contributed by atoms with Gasteiger partial charge in [0.2, 0.25) is 5.82 Å². The summed E-state index contributed by atoms with van der Waals surface area (Å²) in [6.45, 7) is 0. The van der Waals surface area contributed by atoms with Gasteiger partial charge in [-0.05, 0) is 12.1 Å². The van der Waals surface area contributed by atoms with E-state index in [1.807, 2.05) is 12.1 Å². The number of nitrogens with two attached hydrogens (primary N) is 1. The highest BCUT2D eigenvalue weighted by atomic mass is 16.5. The summed E-state index contributed by atoms with van der Waals surface area (Å²) >= 11 is 0. The van der Waals surface area contributed by atoms with Crippen molar-refractivity contribution < 1.29 is 4.52 Å². The molecule has 16 heavy (non-hydrogen) atoms. The van der Waals surface area contributed by atoms with Crippen LogP contribution in [0.15, 0.2) is 29.0 Å². The number of nitrogens with zero attached hydrogens (tertiary/aromatic N) is 3. The van der Waals surface area contributed by atoms with Crippen molar-refractivity contribution >= 4 is 5.82 Å². The van der Waals surface area contributed by atoms with E-state index in [1.54, 1.807) is 12.4 Å². The van der Waals surface area contributed by atoms with Crippen LogP contribution < -0.4 is 5.73 Å². The molecule has 3 aromatic heterocycles. The van der Waals surface area contributed by atoms with Crippen molar-refractivity contribution in [2.24, 2.45) is 0 Å². The quantitative estimate of drug-likeness (QED) is 0.592. The Labute approximate surface area is 89.7 Å². The molecule has 0 aliphatic rings. The van der Waals surface area contributed by atoms with Gasteiger partial charge in [-0.1, -0.05) is 5.16 Å². The van der Waals surface area contributed by atoms with Crippen LogP contribution in [-0.4, -0.2) is 25.3 Å². The minimum atomic E-state index is 0.343.